The molecule has 1 aliphatic heterocycles. The van der Waals surface area contributed by atoms with Gasteiger partial charge in [0.1, 0.15) is 6.61 Å². The second kappa shape index (κ2) is 10.4. The molecule has 31 heavy (non-hydrogen) atoms. The van der Waals surface area contributed by atoms with Gasteiger partial charge in [-0.05, 0) is 37.5 Å². The average molecular weight is 427 g/mol. The van der Waals surface area contributed by atoms with Crippen LogP contribution in [0.5, 0.6) is 0 Å². The number of aliphatic hydroxyl groups is 1. The van der Waals surface area contributed by atoms with Crippen molar-refractivity contribution in [3.8, 4) is 0 Å². The number of esters is 1. The molecule has 0 amide bonds. The SMILES string of the molecule is C=CCOC(=O)C1=C[C@@H](c2cn(C(C)=O)c3ccccc23)[C@H](CCCO)[C@@H](OCC)O1. The molecule has 3 atom stereocenters. The van der Waals surface area contributed by atoms with E-state index in [0.29, 0.717) is 19.4 Å². The molecule has 0 spiro atoms. The number of allylic oxidation sites excluding steroid dienone is 1. The molecule has 0 unspecified atom stereocenters. The fourth-order valence-electron chi connectivity index (χ4n) is 4.05. The second-order valence-corrected chi connectivity index (χ2v) is 7.41. The van der Waals surface area contributed by atoms with E-state index in [-0.39, 0.29) is 36.7 Å². The first-order chi connectivity index (χ1) is 15.0. The van der Waals surface area contributed by atoms with Gasteiger partial charge < -0.3 is 19.3 Å². The van der Waals surface area contributed by atoms with E-state index in [1.165, 1.54) is 13.0 Å². The van der Waals surface area contributed by atoms with Gasteiger partial charge in [-0.15, -0.1) is 0 Å². The number of carbonyl (C=O) groups excluding carboxylic acids is 2. The number of benzene rings is 1. The highest BCUT2D eigenvalue weighted by Crippen LogP contribution is 2.42. The molecule has 2 aromatic rings. The van der Waals surface area contributed by atoms with Crippen LogP contribution in [0.25, 0.3) is 10.9 Å². The lowest BCUT2D eigenvalue weighted by molar-refractivity contribution is -0.175. The molecule has 0 saturated carbocycles. The zero-order chi connectivity index (χ0) is 22.4. The lowest BCUT2D eigenvalue weighted by Gasteiger charge is -2.36. The maximum absolute atomic E-state index is 12.6. The molecule has 7 heteroatoms. The van der Waals surface area contributed by atoms with Crippen LogP contribution in [-0.4, -0.2) is 47.7 Å². The Labute approximate surface area is 181 Å². The maximum Gasteiger partial charge on any atom is 0.373 e. The maximum atomic E-state index is 12.6. The van der Waals surface area contributed by atoms with Crippen molar-refractivity contribution in [2.75, 3.05) is 19.8 Å². The lowest BCUT2D eigenvalue weighted by Crippen LogP contribution is -2.36. The van der Waals surface area contributed by atoms with E-state index < -0.39 is 12.3 Å². The fraction of sp³-hybridized carbons (Fsp3) is 0.417. The Hall–Kier alpha value is -2.90. The molecule has 1 aliphatic rings. The third-order valence-corrected chi connectivity index (χ3v) is 5.39. The molecular weight excluding hydrogens is 398 g/mol. The van der Waals surface area contributed by atoms with Gasteiger partial charge in [-0.25, -0.2) is 4.79 Å². The van der Waals surface area contributed by atoms with Gasteiger partial charge in [0, 0.05) is 43.6 Å². The first-order valence-corrected chi connectivity index (χ1v) is 10.5. The number of aliphatic hydroxyl groups excluding tert-OH is 1. The van der Waals surface area contributed by atoms with Crippen molar-refractivity contribution in [2.24, 2.45) is 5.92 Å². The Morgan fingerprint density at radius 3 is 2.77 bits per heavy atom. The molecule has 7 nitrogen and oxygen atoms in total. The summed E-state index contributed by atoms with van der Waals surface area (Å²) in [7, 11) is 0. The molecule has 0 fully saturated rings. The molecule has 166 valence electrons. The van der Waals surface area contributed by atoms with Crippen LogP contribution in [0, 0.1) is 5.92 Å². The Bertz CT molecular complexity index is 976. The van der Waals surface area contributed by atoms with Gasteiger partial charge in [0.05, 0.1) is 5.52 Å². The topological polar surface area (TPSA) is 87.0 Å². The minimum atomic E-state index is -0.683. The van der Waals surface area contributed by atoms with Crippen molar-refractivity contribution < 1.29 is 28.9 Å². The number of hydrogen-bond acceptors (Lipinski definition) is 6. The number of rotatable bonds is 9. The largest absolute Gasteiger partial charge is 0.457 e. The fourth-order valence-corrected chi connectivity index (χ4v) is 4.05. The number of aromatic nitrogens is 1. The summed E-state index contributed by atoms with van der Waals surface area (Å²) in [5.74, 6) is -1.05. The Balaban J connectivity index is 2.13. The van der Waals surface area contributed by atoms with E-state index >= 15 is 0 Å². The molecule has 0 bridgehead atoms. The van der Waals surface area contributed by atoms with E-state index in [1.807, 2.05) is 37.4 Å². The standard InChI is InChI=1S/C24H29NO6/c1-4-13-30-23(28)22-14-19(18(10-8-12-26)24(31-22)29-5-2)20-15-25(16(3)27)21-11-7-6-9-17(20)21/h4,6-7,9,11,14-15,18-19,24,26H,1,5,8,10,12-13H2,2-3H3/t18-,19+,24-/m0/s1. The molecular formula is C24H29NO6. The summed E-state index contributed by atoms with van der Waals surface area (Å²) in [5, 5.41) is 10.3. The number of nitrogens with zero attached hydrogens (tertiary/aromatic N) is 1. The van der Waals surface area contributed by atoms with Gasteiger partial charge in [-0.3, -0.25) is 9.36 Å². The summed E-state index contributed by atoms with van der Waals surface area (Å²) in [5.41, 5.74) is 1.70. The molecule has 2 heterocycles. The smallest absolute Gasteiger partial charge is 0.373 e. The van der Waals surface area contributed by atoms with Gasteiger partial charge in [0.25, 0.3) is 0 Å². The summed E-state index contributed by atoms with van der Waals surface area (Å²) >= 11 is 0. The van der Waals surface area contributed by atoms with Crippen molar-refractivity contribution in [2.45, 2.75) is 38.9 Å². The van der Waals surface area contributed by atoms with E-state index in [2.05, 4.69) is 6.58 Å². The van der Waals surface area contributed by atoms with Crippen molar-refractivity contribution in [1.82, 2.24) is 4.57 Å². The molecule has 0 saturated heterocycles. The number of carbonyl (C=O) groups is 2. The highest BCUT2D eigenvalue weighted by atomic mass is 16.7. The summed E-state index contributed by atoms with van der Waals surface area (Å²) < 4.78 is 18.5. The van der Waals surface area contributed by atoms with Gasteiger partial charge >= 0.3 is 5.97 Å². The Morgan fingerprint density at radius 2 is 2.10 bits per heavy atom. The van der Waals surface area contributed by atoms with Crippen molar-refractivity contribution in [1.29, 1.82) is 0 Å². The van der Waals surface area contributed by atoms with Crippen molar-refractivity contribution >= 4 is 22.8 Å². The third kappa shape index (κ3) is 4.89. The van der Waals surface area contributed by atoms with E-state index in [1.54, 1.807) is 10.6 Å². The van der Waals surface area contributed by atoms with E-state index in [4.69, 9.17) is 14.2 Å². The number of hydrogen-bond donors (Lipinski definition) is 1. The molecule has 3 rings (SSSR count). The van der Waals surface area contributed by atoms with Gasteiger partial charge in [0.2, 0.25) is 18.0 Å². The van der Waals surface area contributed by atoms with Crippen LogP contribution in [0.3, 0.4) is 0 Å². The van der Waals surface area contributed by atoms with Crippen LogP contribution in [0.2, 0.25) is 0 Å². The Morgan fingerprint density at radius 1 is 1.32 bits per heavy atom. The van der Waals surface area contributed by atoms with Crippen LogP contribution in [-0.2, 0) is 19.0 Å². The van der Waals surface area contributed by atoms with Crippen LogP contribution in [0.15, 0.2) is 55.0 Å². The van der Waals surface area contributed by atoms with Gasteiger partial charge in [-0.1, -0.05) is 30.9 Å². The lowest BCUT2D eigenvalue weighted by atomic mass is 9.80. The monoisotopic (exact) mass is 427 g/mol. The summed E-state index contributed by atoms with van der Waals surface area (Å²) in [6.45, 7) is 7.44. The van der Waals surface area contributed by atoms with E-state index in [0.717, 1.165) is 16.5 Å². The van der Waals surface area contributed by atoms with Gasteiger partial charge in [0.15, 0.2) is 0 Å². The molecule has 1 aromatic carbocycles. The summed E-state index contributed by atoms with van der Waals surface area (Å²) in [6.07, 6.45) is 5.55. The minimum absolute atomic E-state index is 0.0369. The molecule has 1 aromatic heterocycles. The Kier molecular flexibility index (Phi) is 7.65. The highest BCUT2D eigenvalue weighted by molar-refractivity contribution is 5.94. The van der Waals surface area contributed by atoms with Crippen LogP contribution >= 0.6 is 0 Å². The number of para-hydroxylation sites is 1. The van der Waals surface area contributed by atoms with Crippen LogP contribution in [0.1, 0.15) is 43.0 Å². The average Bonchev–Trinajstić information content (AvgIpc) is 3.16. The predicted molar refractivity (Wildman–Crippen MR) is 117 cm³/mol. The minimum Gasteiger partial charge on any atom is -0.457 e. The highest BCUT2D eigenvalue weighted by Gasteiger charge is 2.39. The number of ether oxygens (including phenoxy) is 3. The van der Waals surface area contributed by atoms with Gasteiger partial charge in [-0.2, -0.15) is 0 Å². The zero-order valence-corrected chi connectivity index (χ0v) is 18.0. The van der Waals surface area contributed by atoms with Crippen LogP contribution < -0.4 is 0 Å². The normalized spacial score (nSPS) is 20.7. The second-order valence-electron chi connectivity index (χ2n) is 7.41. The van der Waals surface area contributed by atoms with Crippen molar-refractivity contribution in [3.63, 3.8) is 0 Å². The van der Waals surface area contributed by atoms with Crippen LogP contribution in [0.4, 0.5) is 0 Å². The predicted octanol–water partition coefficient (Wildman–Crippen LogP) is 3.78. The third-order valence-electron chi connectivity index (χ3n) is 5.39. The summed E-state index contributed by atoms with van der Waals surface area (Å²) in [4.78, 5) is 24.8. The van der Waals surface area contributed by atoms with Crippen molar-refractivity contribution in [3.05, 3.63) is 60.5 Å². The molecule has 0 aliphatic carbocycles. The quantitative estimate of drug-likeness (QED) is 0.484. The summed E-state index contributed by atoms with van der Waals surface area (Å²) in [6, 6.07) is 7.66. The first-order valence-electron chi connectivity index (χ1n) is 10.5. The van der Waals surface area contributed by atoms with E-state index in [9.17, 15) is 14.7 Å². The number of fused-ring (bicyclic) bond motifs is 1. The zero-order valence-electron chi connectivity index (χ0n) is 18.0. The first kappa shape index (κ1) is 22.8. The molecule has 0 radical (unpaired) electrons. The molecule has 1 N–H and O–H groups in total.